The van der Waals surface area contributed by atoms with Crippen molar-refractivity contribution in [3.8, 4) is 0 Å². The molecule has 1 amide bonds. The van der Waals surface area contributed by atoms with Crippen molar-refractivity contribution in [2.45, 2.75) is 12.0 Å². The number of halogens is 2. The van der Waals surface area contributed by atoms with E-state index in [1.54, 1.807) is 18.2 Å². The molecule has 4 nitrogen and oxygen atoms in total. The molecule has 1 aromatic carbocycles. The predicted octanol–water partition coefficient (Wildman–Crippen LogP) is 1.87. The number of ether oxygens (including phenoxy) is 1. The molecule has 1 aliphatic rings. The van der Waals surface area contributed by atoms with Crippen molar-refractivity contribution >= 4 is 29.1 Å². The number of carbonyl (C=O) groups is 1. The third-order valence-corrected chi connectivity index (χ3v) is 3.68. The van der Waals surface area contributed by atoms with Crippen LogP contribution in [-0.4, -0.2) is 36.4 Å². The maximum Gasteiger partial charge on any atom is 0.252 e. The van der Waals surface area contributed by atoms with Gasteiger partial charge in [-0.05, 0) is 12.1 Å². The summed E-state index contributed by atoms with van der Waals surface area (Å²) < 4.78 is 5.09. The molecule has 18 heavy (non-hydrogen) atoms. The molecule has 0 spiro atoms. The van der Waals surface area contributed by atoms with Crippen LogP contribution in [0.3, 0.4) is 0 Å². The Balaban J connectivity index is 2.01. The molecule has 0 radical (unpaired) electrons. The number of hydrogen-bond acceptors (Lipinski definition) is 3. The van der Waals surface area contributed by atoms with Gasteiger partial charge in [-0.3, -0.25) is 4.79 Å². The molecule has 2 rings (SSSR count). The van der Waals surface area contributed by atoms with E-state index in [1.165, 1.54) is 0 Å². The molecule has 1 fully saturated rings. The molecular formula is C12H13Cl2NO3. The SMILES string of the molecule is O=C(NCC1(O)CCOC1)c1cccc(Cl)c1Cl. The number of aliphatic hydroxyl groups is 1. The predicted molar refractivity (Wildman–Crippen MR) is 69.2 cm³/mol. The lowest BCUT2D eigenvalue weighted by atomic mass is 10.0. The van der Waals surface area contributed by atoms with Gasteiger partial charge >= 0.3 is 0 Å². The van der Waals surface area contributed by atoms with Crippen LogP contribution in [0.4, 0.5) is 0 Å². The van der Waals surface area contributed by atoms with E-state index in [9.17, 15) is 9.90 Å². The van der Waals surface area contributed by atoms with Gasteiger partial charge in [0.2, 0.25) is 0 Å². The van der Waals surface area contributed by atoms with Gasteiger partial charge in [0.25, 0.3) is 5.91 Å². The van der Waals surface area contributed by atoms with Crippen molar-refractivity contribution in [2.75, 3.05) is 19.8 Å². The number of amides is 1. The fraction of sp³-hybridized carbons (Fsp3) is 0.417. The van der Waals surface area contributed by atoms with Crippen LogP contribution in [0.15, 0.2) is 18.2 Å². The van der Waals surface area contributed by atoms with E-state index >= 15 is 0 Å². The van der Waals surface area contributed by atoms with Crippen LogP contribution in [0.5, 0.6) is 0 Å². The number of nitrogens with one attached hydrogen (secondary N) is 1. The third kappa shape index (κ3) is 2.95. The molecule has 1 saturated heterocycles. The second-order valence-electron chi connectivity index (χ2n) is 4.31. The Morgan fingerprint density at radius 3 is 2.94 bits per heavy atom. The Morgan fingerprint density at radius 2 is 2.28 bits per heavy atom. The molecule has 1 atom stereocenters. The van der Waals surface area contributed by atoms with Crippen molar-refractivity contribution in [3.05, 3.63) is 33.8 Å². The van der Waals surface area contributed by atoms with Gasteiger partial charge in [0.05, 0.1) is 22.2 Å². The largest absolute Gasteiger partial charge is 0.386 e. The van der Waals surface area contributed by atoms with Crippen molar-refractivity contribution < 1.29 is 14.6 Å². The van der Waals surface area contributed by atoms with Crippen molar-refractivity contribution in [1.29, 1.82) is 0 Å². The molecule has 2 N–H and O–H groups in total. The maximum atomic E-state index is 11.9. The van der Waals surface area contributed by atoms with E-state index in [0.717, 1.165) is 0 Å². The normalized spacial score (nSPS) is 23.1. The van der Waals surface area contributed by atoms with Crippen LogP contribution in [0.25, 0.3) is 0 Å². The van der Waals surface area contributed by atoms with E-state index in [-0.39, 0.29) is 24.1 Å². The van der Waals surface area contributed by atoms with E-state index < -0.39 is 5.60 Å². The monoisotopic (exact) mass is 289 g/mol. The molecule has 0 saturated carbocycles. The molecule has 1 aromatic rings. The number of rotatable bonds is 3. The molecule has 98 valence electrons. The molecule has 0 bridgehead atoms. The molecule has 0 aliphatic carbocycles. The fourth-order valence-corrected chi connectivity index (χ4v) is 2.14. The lowest BCUT2D eigenvalue weighted by Gasteiger charge is -2.20. The highest BCUT2D eigenvalue weighted by atomic mass is 35.5. The average molecular weight is 290 g/mol. The molecule has 1 heterocycles. The van der Waals surface area contributed by atoms with E-state index in [0.29, 0.717) is 23.6 Å². The van der Waals surface area contributed by atoms with Crippen LogP contribution in [0, 0.1) is 0 Å². The first-order valence-electron chi connectivity index (χ1n) is 5.54. The molecule has 6 heteroatoms. The van der Waals surface area contributed by atoms with Crippen LogP contribution in [0.2, 0.25) is 10.0 Å². The minimum Gasteiger partial charge on any atom is -0.386 e. The van der Waals surface area contributed by atoms with Gasteiger partial charge in [0.15, 0.2) is 0 Å². The summed E-state index contributed by atoms with van der Waals surface area (Å²) in [7, 11) is 0. The van der Waals surface area contributed by atoms with Crippen molar-refractivity contribution in [2.24, 2.45) is 0 Å². The number of carbonyl (C=O) groups excluding carboxylic acids is 1. The van der Waals surface area contributed by atoms with Crippen molar-refractivity contribution in [3.63, 3.8) is 0 Å². The molecule has 0 aromatic heterocycles. The highest BCUT2D eigenvalue weighted by Gasteiger charge is 2.32. The van der Waals surface area contributed by atoms with Gasteiger partial charge < -0.3 is 15.2 Å². The van der Waals surface area contributed by atoms with E-state index in [2.05, 4.69) is 5.32 Å². The van der Waals surface area contributed by atoms with Crippen LogP contribution in [0.1, 0.15) is 16.8 Å². The zero-order valence-electron chi connectivity index (χ0n) is 9.58. The summed E-state index contributed by atoms with van der Waals surface area (Å²) in [5.74, 6) is -0.358. The van der Waals surface area contributed by atoms with Gasteiger partial charge in [-0.15, -0.1) is 0 Å². The standard InChI is InChI=1S/C12H13Cl2NO3/c13-9-3-1-2-8(10(9)14)11(16)15-6-12(17)4-5-18-7-12/h1-3,17H,4-7H2,(H,15,16). The van der Waals surface area contributed by atoms with Gasteiger partial charge in [-0.25, -0.2) is 0 Å². The Bertz CT molecular complexity index is 459. The number of benzene rings is 1. The summed E-state index contributed by atoms with van der Waals surface area (Å²) in [6, 6.07) is 4.84. The summed E-state index contributed by atoms with van der Waals surface area (Å²) >= 11 is 11.8. The second kappa shape index (κ2) is 5.45. The molecule has 1 aliphatic heterocycles. The minimum absolute atomic E-state index is 0.134. The summed E-state index contributed by atoms with van der Waals surface area (Å²) in [5, 5.41) is 13.2. The Hall–Kier alpha value is -0.810. The van der Waals surface area contributed by atoms with E-state index in [4.69, 9.17) is 27.9 Å². The first-order chi connectivity index (χ1) is 8.52. The number of hydrogen-bond donors (Lipinski definition) is 2. The van der Waals surface area contributed by atoms with Gasteiger partial charge in [-0.2, -0.15) is 0 Å². The van der Waals surface area contributed by atoms with Gasteiger partial charge in [0, 0.05) is 19.6 Å². The van der Waals surface area contributed by atoms with Crippen LogP contribution in [-0.2, 0) is 4.74 Å². The highest BCUT2D eigenvalue weighted by Crippen LogP contribution is 2.25. The quantitative estimate of drug-likeness (QED) is 0.893. The summed E-state index contributed by atoms with van der Waals surface area (Å²) in [5.41, 5.74) is -0.688. The molecule has 1 unspecified atom stereocenters. The maximum absolute atomic E-state index is 11.9. The zero-order chi connectivity index (χ0) is 13.2. The lowest BCUT2D eigenvalue weighted by molar-refractivity contribution is 0.0264. The third-order valence-electron chi connectivity index (χ3n) is 2.86. The van der Waals surface area contributed by atoms with Crippen LogP contribution >= 0.6 is 23.2 Å². The minimum atomic E-state index is -0.985. The second-order valence-corrected chi connectivity index (χ2v) is 5.10. The Kier molecular flexibility index (Phi) is 4.12. The van der Waals surface area contributed by atoms with Gasteiger partial charge in [0.1, 0.15) is 5.60 Å². The summed E-state index contributed by atoms with van der Waals surface area (Å²) in [4.78, 5) is 11.9. The molecular weight excluding hydrogens is 277 g/mol. The fourth-order valence-electron chi connectivity index (χ4n) is 1.76. The topological polar surface area (TPSA) is 58.6 Å². The zero-order valence-corrected chi connectivity index (χ0v) is 11.1. The summed E-state index contributed by atoms with van der Waals surface area (Å²) in [6.07, 6.45) is 0.510. The van der Waals surface area contributed by atoms with Crippen molar-refractivity contribution in [1.82, 2.24) is 5.32 Å². The smallest absolute Gasteiger partial charge is 0.252 e. The Morgan fingerprint density at radius 1 is 1.50 bits per heavy atom. The Labute approximate surface area is 115 Å². The first-order valence-corrected chi connectivity index (χ1v) is 6.30. The lowest BCUT2D eigenvalue weighted by Crippen LogP contribution is -2.43. The average Bonchev–Trinajstić information content (AvgIpc) is 2.77. The van der Waals surface area contributed by atoms with Crippen LogP contribution < -0.4 is 5.32 Å². The highest BCUT2D eigenvalue weighted by molar-refractivity contribution is 6.43. The summed E-state index contributed by atoms with van der Waals surface area (Å²) in [6.45, 7) is 0.871. The van der Waals surface area contributed by atoms with E-state index in [1.807, 2.05) is 0 Å². The first kappa shape index (κ1) is 13.6. The van der Waals surface area contributed by atoms with Gasteiger partial charge in [-0.1, -0.05) is 29.3 Å².